The van der Waals surface area contributed by atoms with Gasteiger partial charge in [-0.05, 0) is 210 Å². The number of hydrogen-bond donors (Lipinski definition) is 8. The average molecular weight is 1340 g/mol. The molecular weight excluding hydrogens is 1260 g/mol. The Morgan fingerprint density at radius 3 is 2.36 bits per heavy atom. The maximum Gasteiger partial charge on any atom is 0.238 e. The number of aliphatic hydroxyl groups is 4. The molecule has 0 radical (unpaired) electrons. The normalized spacial score (nSPS) is 31.0. The Morgan fingerprint density at radius 1 is 0.747 bits per heavy atom. The Bertz CT molecular complexity index is 4070. The summed E-state index contributed by atoms with van der Waals surface area (Å²) in [6, 6.07) is 28.5. The van der Waals surface area contributed by atoms with E-state index in [1.807, 2.05) is 38.4 Å². The molecular formula is C74H81NO10S6. The molecule has 91 heavy (non-hydrogen) atoms. The monoisotopic (exact) mass is 1340 g/mol. The number of rotatable bonds is 4. The van der Waals surface area contributed by atoms with Crippen LogP contribution in [0.25, 0.3) is 44.2 Å². The molecule has 7 aromatic rings. The SMILES string of the molecule is CC(C)Cc1cc2c3c(c1O)Cc1cccc(c1)[C@@H]1N[C@H]4CSSC[C@H]5C[C@](O)(CC[C@H]5Cc5ccc(cc5)C[C@H]4C[C@@H]1SSC3)CC[C@@H]1Cc3ccc4c5c6c(cc(c35)[C@@H]1CCO)-c1c(O)cc3oc-2c(O)c(=O)c3c1O[C@@H]1C[C@H]6[C@@H](O)[C@H]4SSCCC[C@@H]1O. The number of nitrogens with one attached hydrogen (secondary N) is 1. The van der Waals surface area contributed by atoms with E-state index in [9.17, 15) is 35.7 Å². The second-order valence-corrected chi connectivity index (χ2v) is 36.4. The highest BCUT2D eigenvalue weighted by Crippen LogP contribution is 2.62. The largest absolute Gasteiger partial charge is 0.507 e. The van der Waals surface area contributed by atoms with Crippen molar-refractivity contribution >= 4 is 86.5 Å². The van der Waals surface area contributed by atoms with Crippen LogP contribution in [0.3, 0.4) is 0 Å². The van der Waals surface area contributed by atoms with Gasteiger partial charge in [-0.15, -0.1) is 0 Å². The first kappa shape index (κ1) is 61.7. The van der Waals surface area contributed by atoms with Crippen molar-refractivity contribution in [2.45, 2.75) is 174 Å². The van der Waals surface area contributed by atoms with Gasteiger partial charge in [0.25, 0.3) is 0 Å². The van der Waals surface area contributed by atoms with Gasteiger partial charge in [0.2, 0.25) is 11.2 Å². The number of phenols is 2. The van der Waals surface area contributed by atoms with Crippen LogP contribution >= 0.6 is 64.8 Å². The van der Waals surface area contributed by atoms with Crippen LogP contribution in [0.1, 0.15) is 162 Å². The van der Waals surface area contributed by atoms with Crippen LogP contribution in [0.2, 0.25) is 0 Å². The summed E-state index contributed by atoms with van der Waals surface area (Å²) in [7, 11) is 11.0. The van der Waals surface area contributed by atoms with E-state index in [0.29, 0.717) is 84.3 Å². The minimum atomic E-state index is -1.01. The fraction of sp³-hybridized carbons (Fsp3) is 0.500. The Balaban J connectivity index is 0.935. The third kappa shape index (κ3) is 11.0. The van der Waals surface area contributed by atoms with Crippen molar-refractivity contribution in [3.05, 3.63) is 150 Å². The topological polar surface area (TPSA) is 193 Å². The first-order chi connectivity index (χ1) is 44.2. The first-order valence-corrected chi connectivity index (χ1v) is 40.6. The highest BCUT2D eigenvalue weighted by Gasteiger charge is 2.48. The fourth-order valence-electron chi connectivity index (χ4n) is 18.1. The third-order valence-electron chi connectivity index (χ3n) is 22.5. The summed E-state index contributed by atoms with van der Waals surface area (Å²) < 4.78 is 14.2. The van der Waals surface area contributed by atoms with Gasteiger partial charge in [0.1, 0.15) is 34.3 Å². The van der Waals surface area contributed by atoms with Gasteiger partial charge in [0.15, 0.2) is 5.76 Å². The summed E-state index contributed by atoms with van der Waals surface area (Å²) in [6.45, 7) is 4.16. The lowest BCUT2D eigenvalue weighted by atomic mass is 9.64. The standard InChI is InChI=1S/C74H81NO10S6/c1-36(2)21-45-27-51-54-34-89-90-60-28-44-23-38-10-8-37(9-11-38)22-40-14-17-74(83,32-46(40)33-87-88-35-55(44)75-66(60)43-6-3-5-39(24-43)25-50(54)67(45)79)18-15-41-26-42-12-13-48-64-61(42)49(47(41)16-19-76)29-52-62(64)53-30-58(56(77)7-4-20-86-91-73(48)68(53)80)84-72-63(52)57(78)31-59-65(72)69(81)70(82)71(51)85-59/h3,5-6,8-13,24,27,29,31,36,40-41,44,46-47,53,55-56,58,60,66,68,73,75-80,82-83H,4,7,14-23,25-26,28,30,32-35H2,1-2H3/t40-,41+,44-,46+,47+,53+,55-,56-,58+,60-,66-,68+,73-,74-/m0/s1. The van der Waals surface area contributed by atoms with Crippen molar-refractivity contribution < 1.29 is 44.9 Å². The highest BCUT2D eigenvalue weighted by molar-refractivity contribution is 8.77. The highest BCUT2D eigenvalue weighted by atomic mass is 33.1. The molecule has 0 unspecified atom stereocenters. The van der Waals surface area contributed by atoms with E-state index in [0.717, 1.165) is 107 Å². The second-order valence-electron chi connectivity index (χ2n) is 28.6. The van der Waals surface area contributed by atoms with Crippen LogP contribution in [0, 0.1) is 29.6 Å². The molecule has 0 amide bonds. The van der Waals surface area contributed by atoms with Gasteiger partial charge in [-0.2, -0.15) is 0 Å². The van der Waals surface area contributed by atoms with E-state index < -0.39 is 41.0 Å². The molecule has 17 heteroatoms. The summed E-state index contributed by atoms with van der Waals surface area (Å²) in [6.07, 6.45) is 7.29. The van der Waals surface area contributed by atoms with Gasteiger partial charge in [0, 0.05) is 76.5 Å². The van der Waals surface area contributed by atoms with Crippen LogP contribution < -0.4 is 15.5 Å². The summed E-state index contributed by atoms with van der Waals surface area (Å²) in [5, 5.41) is 94.6. The number of fused-ring (bicyclic) bond motifs is 8. The number of ether oxygens (including phenoxy) is 1. The number of hydrogen-bond acceptors (Lipinski definition) is 17. The third-order valence-corrected chi connectivity index (χ3v) is 30.7. The van der Waals surface area contributed by atoms with E-state index in [2.05, 4.69) is 85.9 Å². The molecule has 3 aliphatic carbocycles. The molecule has 3 fully saturated rings. The van der Waals surface area contributed by atoms with Crippen molar-refractivity contribution in [3.63, 3.8) is 0 Å². The molecule has 10 aliphatic heterocycles. The molecule has 478 valence electrons. The molecule has 20 rings (SSSR count). The smallest absolute Gasteiger partial charge is 0.238 e. The van der Waals surface area contributed by atoms with E-state index in [1.165, 1.54) is 28.3 Å². The summed E-state index contributed by atoms with van der Waals surface area (Å²) in [4.78, 5) is 15.9. The van der Waals surface area contributed by atoms with Crippen molar-refractivity contribution in [2.75, 3.05) is 23.9 Å². The molecule has 6 aromatic carbocycles. The molecule has 22 bridgehead atoms. The lowest BCUT2D eigenvalue weighted by Crippen LogP contribution is -2.50. The summed E-state index contributed by atoms with van der Waals surface area (Å²) in [5.41, 5.74) is 10.8. The van der Waals surface area contributed by atoms with Crippen molar-refractivity contribution in [3.8, 4) is 45.4 Å². The molecule has 2 saturated heterocycles. The zero-order valence-corrected chi connectivity index (χ0v) is 56.4. The quantitative estimate of drug-likeness (QED) is 0.0775. The Morgan fingerprint density at radius 2 is 1.55 bits per heavy atom. The molecule has 11 heterocycles. The van der Waals surface area contributed by atoms with E-state index in [4.69, 9.17) is 9.15 Å². The maximum absolute atomic E-state index is 15.9. The lowest BCUT2D eigenvalue weighted by Gasteiger charge is -2.45. The predicted octanol–water partition coefficient (Wildman–Crippen LogP) is 15.4. The van der Waals surface area contributed by atoms with Gasteiger partial charge in [0.05, 0.1) is 28.6 Å². The maximum atomic E-state index is 15.9. The van der Waals surface area contributed by atoms with Gasteiger partial charge in [-0.25, -0.2) is 0 Å². The van der Waals surface area contributed by atoms with Crippen LogP contribution in [0.15, 0.2) is 88.1 Å². The molecule has 11 nitrogen and oxygen atoms in total. The second kappa shape index (κ2) is 24.8. The van der Waals surface area contributed by atoms with Crippen LogP contribution in [0.4, 0.5) is 0 Å². The lowest BCUT2D eigenvalue weighted by molar-refractivity contribution is -0.0416. The van der Waals surface area contributed by atoms with Gasteiger partial charge < -0.3 is 50.2 Å². The zero-order chi connectivity index (χ0) is 62.1. The summed E-state index contributed by atoms with van der Waals surface area (Å²) in [5.74, 6) is 2.94. The molecule has 13 aliphatic rings. The number of phenolic OH excluding ortho intramolecular Hbond substituents is 2. The Hall–Kier alpha value is -4.11. The van der Waals surface area contributed by atoms with Crippen LogP contribution in [0.5, 0.6) is 23.0 Å². The van der Waals surface area contributed by atoms with E-state index >= 15 is 4.79 Å². The molecule has 8 N–H and O–H groups in total. The number of aliphatic hydroxyl groups excluding tert-OH is 3. The van der Waals surface area contributed by atoms with Crippen LogP contribution in [-0.2, 0) is 37.9 Å². The van der Waals surface area contributed by atoms with E-state index in [-0.39, 0.29) is 92.9 Å². The van der Waals surface area contributed by atoms with Crippen molar-refractivity contribution in [2.24, 2.45) is 29.6 Å². The number of aromatic hydroxyl groups is 3. The Kier molecular flexibility index (Phi) is 16.8. The molecule has 1 aromatic heterocycles. The van der Waals surface area contributed by atoms with Gasteiger partial charge >= 0.3 is 0 Å². The molecule has 14 atom stereocenters. The van der Waals surface area contributed by atoms with Crippen molar-refractivity contribution in [1.29, 1.82) is 0 Å². The van der Waals surface area contributed by atoms with Crippen LogP contribution in [-0.4, -0.2) is 94.8 Å². The summed E-state index contributed by atoms with van der Waals surface area (Å²) >= 11 is 0. The van der Waals surface area contributed by atoms with E-state index in [1.54, 1.807) is 32.4 Å². The van der Waals surface area contributed by atoms with Gasteiger partial charge in [-0.3, -0.25) is 4.79 Å². The Labute approximate surface area is 556 Å². The molecule has 1 saturated carbocycles. The minimum Gasteiger partial charge on any atom is -0.507 e. The van der Waals surface area contributed by atoms with Crippen molar-refractivity contribution in [1.82, 2.24) is 5.32 Å². The fourth-order valence-corrected chi connectivity index (χ4v) is 26.8. The predicted molar refractivity (Wildman–Crippen MR) is 375 cm³/mol. The minimum absolute atomic E-state index is 0.00252. The first-order valence-electron chi connectivity index (χ1n) is 33.3. The average Bonchev–Trinajstić information content (AvgIpc) is 0.866. The molecule has 0 spiro atoms. The number of benzene rings is 6. The number of piperidine rings is 1. The zero-order valence-electron chi connectivity index (χ0n) is 51.5. The van der Waals surface area contributed by atoms with Gasteiger partial charge in [-0.1, -0.05) is 139 Å².